The molecule has 0 saturated carbocycles. The smallest absolute Gasteiger partial charge is 0.321 e. The van der Waals surface area contributed by atoms with Crippen LogP contribution >= 0.6 is 15.9 Å². The molecule has 0 radical (unpaired) electrons. The zero-order chi connectivity index (χ0) is 12.3. The SMILES string of the molecule is CC(CBr)N(C)C(=O)c1ccc([N+](=O)[O-])[nH]1. The van der Waals surface area contributed by atoms with Crippen LogP contribution in [0.4, 0.5) is 5.82 Å². The van der Waals surface area contributed by atoms with E-state index in [1.54, 1.807) is 7.05 Å². The predicted octanol–water partition coefficient (Wildman–Crippen LogP) is 1.78. The Kier molecular flexibility index (Phi) is 4.05. The number of aromatic amines is 1. The molecule has 7 heteroatoms. The van der Waals surface area contributed by atoms with Crippen molar-refractivity contribution in [2.75, 3.05) is 12.4 Å². The Morgan fingerprint density at radius 2 is 2.31 bits per heavy atom. The van der Waals surface area contributed by atoms with Gasteiger partial charge in [-0.25, -0.2) is 4.98 Å². The summed E-state index contributed by atoms with van der Waals surface area (Å²) in [6.45, 7) is 1.88. The summed E-state index contributed by atoms with van der Waals surface area (Å²) in [6, 6.07) is 2.72. The van der Waals surface area contributed by atoms with E-state index in [1.807, 2.05) is 6.92 Å². The van der Waals surface area contributed by atoms with Crippen LogP contribution in [0.1, 0.15) is 17.4 Å². The second-order valence-electron chi connectivity index (χ2n) is 3.43. The van der Waals surface area contributed by atoms with E-state index >= 15 is 0 Å². The van der Waals surface area contributed by atoms with Crippen molar-refractivity contribution in [3.63, 3.8) is 0 Å². The first-order chi connectivity index (χ1) is 7.47. The summed E-state index contributed by atoms with van der Waals surface area (Å²) < 4.78 is 0. The molecule has 0 aliphatic rings. The first-order valence-electron chi connectivity index (χ1n) is 4.64. The van der Waals surface area contributed by atoms with Crippen LogP contribution in [0.5, 0.6) is 0 Å². The Balaban J connectivity index is 2.84. The van der Waals surface area contributed by atoms with E-state index in [-0.39, 0.29) is 23.5 Å². The van der Waals surface area contributed by atoms with E-state index in [0.717, 1.165) is 0 Å². The minimum atomic E-state index is -0.565. The van der Waals surface area contributed by atoms with Crippen molar-refractivity contribution < 1.29 is 9.72 Å². The van der Waals surface area contributed by atoms with E-state index in [2.05, 4.69) is 20.9 Å². The standard InChI is InChI=1S/C9H12BrN3O3/c1-6(5-10)12(2)9(14)7-3-4-8(11-7)13(15)16/h3-4,6,11H,5H2,1-2H3. The molecule has 16 heavy (non-hydrogen) atoms. The highest BCUT2D eigenvalue weighted by Crippen LogP contribution is 2.13. The molecule has 0 bridgehead atoms. The summed E-state index contributed by atoms with van der Waals surface area (Å²) in [5.41, 5.74) is 0.224. The van der Waals surface area contributed by atoms with Crippen molar-refractivity contribution in [1.29, 1.82) is 0 Å². The second-order valence-corrected chi connectivity index (χ2v) is 4.08. The number of nitrogens with one attached hydrogen (secondary N) is 1. The summed E-state index contributed by atoms with van der Waals surface area (Å²) in [6.07, 6.45) is 0. The zero-order valence-electron chi connectivity index (χ0n) is 8.94. The minimum Gasteiger partial charge on any atom is -0.358 e. The van der Waals surface area contributed by atoms with Crippen molar-refractivity contribution in [3.8, 4) is 0 Å². The molecule has 0 aliphatic carbocycles. The van der Waals surface area contributed by atoms with E-state index < -0.39 is 4.92 Å². The molecule has 1 unspecified atom stereocenters. The molecule has 0 fully saturated rings. The van der Waals surface area contributed by atoms with Gasteiger partial charge in [-0.15, -0.1) is 0 Å². The van der Waals surface area contributed by atoms with Gasteiger partial charge in [0.05, 0.1) is 0 Å². The second kappa shape index (κ2) is 5.11. The maximum atomic E-state index is 11.8. The van der Waals surface area contributed by atoms with E-state index in [9.17, 15) is 14.9 Å². The molecular formula is C9H12BrN3O3. The largest absolute Gasteiger partial charge is 0.358 e. The van der Waals surface area contributed by atoms with E-state index in [4.69, 9.17) is 0 Å². The molecule has 1 atom stereocenters. The summed E-state index contributed by atoms with van der Waals surface area (Å²) >= 11 is 3.27. The van der Waals surface area contributed by atoms with Crippen molar-refractivity contribution in [1.82, 2.24) is 9.88 Å². The first kappa shape index (κ1) is 12.7. The molecular weight excluding hydrogens is 278 g/mol. The lowest BCUT2D eigenvalue weighted by Gasteiger charge is -2.21. The van der Waals surface area contributed by atoms with Gasteiger partial charge in [0.15, 0.2) is 5.69 Å². The van der Waals surface area contributed by atoms with Crippen LogP contribution in [-0.2, 0) is 0 Å². The van der Waals surface area contributed by atoms with Gasteiger partial charge in [-0.2, -0.15) is 0 Å². The Labute approximate surface area is 101 Å². The number of carbonyl (C=O) groups excluding carboxylic acids is 1. The zero-order valence-corrected chi connectivity index (χ0v) is 10.5. The molecule has 1 N–H and O–H groups in total. The molecule has 0 aromatic carbocycles. The highest BCUT2D eigenvalue weighted by molar-refractivity contribution is 9.09. The number of halogens is 1. The van der Waals surface area contributed by atoms with Gasteiger partial charge < -0.3 is 15.0 Å². The Hall–Kier alpha value is -1.37. The maximum Gasteiger partial charge on any atom is 0.321 e. The minimum absolute atomic E-state index is 0.0230. The quantitative estimate of drug-likeness (QED) is 0.521. The highest BCUT2D eigenvalue weighted by Gasteiger charge is 2.21. The lowest BCUT2D eigenvalue weighted by Crippen LogP contribution is -2.36. The molecule has 1 amide bonds. The third-order valence-corrected chi connectivity index (χ3v) is 3.24. The van der Waals surface area contributed by atoms with Gasteiger partial charge in [-0.1, -0.05) is 15.9 Å². The number of carbonyl (C=O) groups is 1. The van der Waals surface area contributed by atoms with Crippen LogP contribution in [0, 0.1) is 10.1 Å². The molecule has 88 valence electrons. The molecule has 0 saturated heterocycles. The molecule has 0 spiro atoms. The number of amides is 1. The van der Waals surface area contributed by atoms with E-state index in [0.29, 0.717) is 5.33 Å². The van der Waals surface area contributed by atoms with Crippen LogP contribution in [-0.4, -0.2) is 39.1 Å². The average molecular weight is 290 g/mol. The van der Waals surface area contributed by atoms with Crippen LogP contribution in [0.3, 0.4) is 0 Å². The average Bonchev–Trinajstić information content (AvgIpc) is 2.75. The Morgan fingerprint density at radius 1 is 1.69 bits per heavy atom. The number of H-pyrrole nitrogens is 1. The predicted molar refractivity (Wildman–Crippen MR) is 62.8 cm³/mol. The fourth-order valence-corrected chi connectivity index (χ4v) is 1.54. The van der Waals surface area contributed by atoms with Crippen LogP contribution in [0.2, 0.25) is 0 Å². The third-order valence-electron chi connectivity index (χ3n) is 2.30. The summed E-state index contributed by atoms with van der Waals surface area (Å²) in [5, 5.41) is 11.1. The van der Waals surface area contributed by atoms with Crippen molar-refractivity contribution in [2.24, 2.45) is 0 Å². The van der Waals surface area contributed by atoms with Crippen molar-refractivity contribution >= 4 is 27.7 Å². The number of hydrogen-bond donors (Lipinski definition) is 1. The number of hydrogen-bond acceptors (Lipinski definition) is 3. The van der Waals surface area contributed by atoms with Gasteiger partial charge in [0.1, 0.15) is 0 Å². The lowest BCUT2D eigenvalue weighted by molar-refractivity contribution is -0.389. The Morgan fingerprint density at radius 3 is 2.75 bits per heavy atom. The van der Waals surface area contributed by atoms with Gasteiger partial charge in [0, 0.05) is 24.5 Å². The maximum absolute atomic E-state index is 11.8. The fraction of sp³-hybridized carbons (Fsp3) is 0.444. The van der Waals surface area contributed by atoms with Crippen molar-refractivity contribution in [3.05, 3.63) is 27.9 Å². The first-order valence-corrected chi connectivity index (χ1v) is 5.76. The van der Waals surface area contributed by atoms with Gasteiger partial charge >= 0.3 is 5.82 Å². The topological polar surface area (TPSA) is 79.2 Å². The van der Waals surface area contributed by atoms with Crippen LogP contribution in [0.25, 0.3) is 0 Å². The van der Waals surface area contributed by atoms with E-state index in [1.165, 1.54) is 17.0 Å². The molecule has 0 aliphatic heterocycles. The molecule has 1 heterocycles. The molecule has 1 rings (SSSR count). The van der Waals surface area contributed by atoms with Crippen molar-refractivity contribution in [2.45, 2.75) is 13.0 Å². The number of alkyl halides is 1. The normalized spacial score (nSPS) is 12.2. The van der Waals surface area contributed by atoms with Crippen LogP contribution < -0.4 is 0 Å². The number of rotatable bonds is 4. The highest BCUT2D eigenvalue weighted by atomic mass is 79.9. The molecule has 1 aromatic rings. The van der Waals surface area contributed by atoms with Gasteiger partial charge in [0.2, 0.25) is 0 Å². The third kappa shape index (κ3) is 2.60. The monoisotopic (exact) mass is 289 g/mol. The van der Waals surface area contributed by atoms with Gasteiger partial charge in [0.25, 0.3) is 5.91 Å². The fourth-order valence-electron chi connectivity index (χ4n) is 1.11. The number of nitro groups is 1. The molecule has 6 nitrogen and oxygen atoms in total. The van der Waals surface area contributed by atoms with Crippen LogP contribution in [0.15, 0.2) is 12.1 Å². The Bertz CT molecular complexity index is 404. The number of nitrogens with zero attached hydrogens (tertiary/aromatic N) is 2. The number of aromatic nitrogens is 1. The lowest BCUT2D eigenvalue weighted by atomic mass is 10.3. The van der Waals surface area contributed by atoms with Gasteiger partial charge in [-0.05, 0) is 17.9 Å². The summed E-state index contributed by atoms with van der Waals surface area (Å²) in [7, 11) is 1.65. The summed E-state index contributed by atoms with van der Waals surface area (Å²) in [5.74, 6) is -0.441. The van der Waals surface area contributed by atoms with Gasteiger partial charge in [-0.3, -0.25) is 4.79 Å². The summed E-state index contributed by atoms with van der Waals surface area (Å²) in [4.78, 5) is 25.7. The molecule has 1 aromatic heterocycles.